The van der Waals surface area contributed by atoms with Crippen molar-refractivity contribution in [3.63, 3.8) is 0 Å². The summed E-state index contributed by atoms with van der Waals surface area (Å²) in [5.74, 6) is 0.536. The topological polar surface area (TPSA) is 83.6 Å². The Morgan fingerprint density at radius 2 is 1.90 bits per heavy atom. The van der Waals surface area contributed by atoms with Gasteiger partial charge in [-0.25, -0.2) is 16.8 Å². The molecule has 1 N–H and O–H groups in total. The van der Waals surface area contributed by atoms with Gasteiger partial charge in [-0.3, -0.25) is 0 Å². The Morgan fingerprint density at radius 1 is 1.25 bits per heavy atom. The highest BCUT2D eigenvalue weighted by molar-refractivity contribution is 7.92. The van der Waals surface area contributed by atoms with E-state index < -0.39 is 25.2 Å². The van der Waals surface area contributed by atoms with Crippen LogP contribution in [0.3, 0.4) is 0 Å². The van der Waals surface area contributed by atoms with Crippen molar-refractivity contribution >= 4 is 37.0 Å². The summed E-state index contributed by atoms with van der Waals surface area (Å²) in [6.07, 6.45) is 1.09. The molecule has 2 heterocycles. The van der Waals surface area contributed by atoms with E-state index in [9.17, 15) is 16.8 Å². The van der Waals surface area contributed by atoms with Gasteiger partial charge in [0.1, 0.15) is 0 Å². The van der Waals surface area contributed by atoms with Gasteiger partial charge in [0.25, 0.3) is 0 Å². The first-order valence-corrected chi connectivity index (χ1v) is 10.5. The number of nitrogens with one attached hydrogen (secondary N) is 1. The predicted octanol–water partition coefficient (Wildman–Crippen LogP) is -0.443. The number of rotatable bonds is 2. The Hall–Kier alpha value is -0.410. The molecule has 0 saturated carbocycles. The highest BCUT2D eigenvalue weighted by Crippen LogP contribution is 2.24. The molecule has 116 valence electrons. The molecule has 0 aromatic rings. The Kier molecular flexibility index (Phi) is 4.07. The van der Waals surface area contributed by atoms with Crippen molar-refractivity contribution in [2.75, 3.05) is 30.1 Å². The molecule has 20 heavy (non-hydrogen) atoms. The van der Waals surface area contributed by atoms with Crippen LogP contribution in [0, 0.1) is 0 Å². The molecule has 0 amide bonds. The molecule has 2 fully saturated rings. The summed E-state index contributed by atoms with van der Waals surface area (Å²) in [6, 6.07) is -0.124. The third-order valence-corrected chi connectivity index (χ3v) is 8.03. The van der Waals surface area contributed by atoms with E-state index in [2.05, 4.69) is 5.32 Å². The van der Waals surface area contributed by atoms with Crippen LogP contribution < -0.4 is 5.32 Å². The van der Waals surface area contributed by atoms with E-state index in [0.29, 0.717) is 18.0 Å². The fraction of sp³-hybridized carbons (Fsp3) is 0.909. The normalized spacial score (nSPS) is 34.8. The average molecular weight is 340 g/mol. The molecule has 2 rings (SSSR count). The van der Waals surface area contributed by atoms with Crippen molar-refractivity contribution in [3.8, 4) is 0 Å². The minimum atomic E-state index is -3.00. The molecule has 0 radical (unpaired) electrons. The molecule has 6 nitrogen and oxygen atoms in total. The van der Waals surface area contributed by atoms with Crippen molar-refractivity contribution in [2.24, 2.45) is 0 Å². The smallest absolute Gasteiger partial charge is 0.169 e. The number of sulfone groups is 2. The maximum Gasteiger partial charge on any atom is 0.169 e. The minimum absolute atomic E-state index is 0.0664. The maximum atomic E-state index is 11.6. The van der Waals surface area contributed by atoms with E-state index in [1.165, 1.54) is 0 Å². The molecule has 2 atom stereocenters. The molecule has 2 aliphatic heterocycles. The first-order valence-electron chi connectivity index (χ1n) is 6.48. The van der Waals surface area contributed by atoms with E-state index in [4.69, 9.17) is 12.2 Å². The third kappa shape index (κ3) is 3.62. The number of hydrogen-bond acceptors (Lipinski definition) is 5. The zero-order chi connectivity index (χ0) is 15.2. The van der Waals surface area contributed by atoms with Gasteiger partial charge in [-0.2, -0.15) is 0 Å². The van der Waals surface area contributed by atoms with Crippen molar-refractivity contribution in [3.05, 3.63) is 0 Å². The van der Waals surface area contributed by atoms with Gasteiger partial charge in [-0.15, -0.1) is 0 Å². The van der Waals surface area contributed by atoms with Crippen LogP contribution in [0.1, 0.15) is 19.8 Å². The van der Waals surface area contributed by atoms with Crippen LogP contribution >= 0.6 is 12.2 Å². The minimum Gasteiger partial charge on any atom is -0.356 e. The number of thiocarbonyl (C=S) groups is 1. The molecule has 2 aliphatic rings. The third-order valence-electron chi connectivity index (χ3n) is 3.99. The monoisotopic (exact) mass is 340 g/mol. The van der Waals surface area contributed by atoms with Gasteiger partial charge >= 0.3 is 0 Å². The standard InChI is InChI=1S/C11H20N2O4S3/c1-11(4-6-20(16,17)8-11)12-10(18)13(2)9-3-5-19(14,15)7-9/h9H,3-8H2,1-2H3,(H,12,18). The molecular formula is C11H20N2O4S3. The molecule has 0 aromatic carbocycles. The van der Waals surface area contributed by atoms with Crippen LogP contribution in [-0.4, -0.2) is 68.5 Å². The molecule has 0 spiro atoms. The second-order valence-electron chi connectivity index (χ2n) is 6.00. The SMILES string of the molecule is CN(C(=S)NC1(C)CCS(=O)(=O)C1)C1CCS(=O)(=O)C1. The van der Waals surface area contributed by atoms with E-state index in [1.54, 1.807) is 11.9 Å². The Bertz CT molecular complexity index is 614. The summed E-state index contributed by atoms with van der Waals surface area (Å²) in [6.45, 7) is 1.84. The largest absolute Gasteiger partial charge is 0.356 e. The van der Waals surface area contributed by atoms with Crippen molar-refractivity contribution in [1.29, 1.82) is 0 Å². The summed E-state index contributed by atoms with van der Waals surface area (Å²) in [5, 5.41) is 3.52. The molecule has 0 aliphatic carbocycles. The fourth-order valence-electron chi connectivity index (χ4n) is 2.70. The quantitative estimate of drug-likeness (QED) is 0.682. The lowest BCUT2D eigenvalue weighted by Gasteiger charge is -2.33. The fourth-order valence-corrected chi connectivity index (χ4v) is 6.97. The summed E-state index contributed by atoms with van der Waals surface area (Å²) >= 11 is 5.30. The Morgan fingerprint density at radius 3 is 2.35 bits per heavy atom. The van der Waals surface area contributed by atoms with E-state index in [-0.39, 0.29) is 29.1 Å². The second-order valence-corrected chi connectivity index (χ2v) is 10.8. The van der Waals surface area contributed by atoms with Gasteiger partial charge in [-0.1, -0.05) is 0 Å². The average Bonchev–Trinajstić information content (AvgIpc) is 2.77. The molecule has 0 aromatic heterocycles. The molecule has 2 saturated heterocycles. The van der Waals surface area contributed by atoms with Gasteiger partial charge in [0.15, 0.2) is 24.8 Å². The Labute approximate surface area is 125 Å². The zero-order valence-electron chi connectivity index (χ0n) is 11.6. The molecule has 2 unspecified atom stereocenters. The van der Waals surface area contributed by atoms with E-state index in [0.717, 1.165) is 0 Å². The van der Waals surface area contributed by atoms with Gasteiger partial charge < -0.3 is 10.2 Å². The highest BCUT2D eigenvalue weighted by atomic mass is 32.2. The summed E-state index contributed by atoms with van der Waals surface area (Å²) in [5.41, 5.74) is -0.554. The van der Waals surface area contributed by atoms with E-state index in [1.807, 2.05) is 6.92 Å². The summed E-state index contributed by atoms with van der Waals surface area (Å²) in [4.78, 5) is 1.75. The van der Waals surface area contributed by atoms with Gasteiger partial charge in [0.2, 0.25) is 0 Å². The van der Waals surface area contributed by atoms with Gasteiger partial charge in [0.05, 0.1) is 28.6 Å². The van der Waals surface area contributed by atoms with Crippen LogP contribution in [0.25, 0.3) is 0 Å². The Balaban J connectivity index is 1.99. The van der Waals surface area contributed by atoms with Crippen LogP contribution in [0.4, 0.5) is 0 Å². The predicted molar refractivity (Wildman–Crippen MR) is 82.2 cm³/mol. The van der Waals surface area contributed by atoms with Crippen LogP contribution in [0.5, 0.6) is 0 Å². The maximum absolute atomic E-state index is 11.6. The van der Waals surface area contributed by atoms with Crippen LogP contribution in [0.2, 0.25) is 0 Å². The highest BCUT2D eigenvalue weighted by Gasteiger charge is 2.40. The van der Waals surface area contributed by atoms with Gasteiger partial charge in [-0.05, 0) is 32.0 Å². The lowest BCUT2D eigenvalue weighted by atomic mass is 10.0. The lowest BCUT2D eigenvalue weighted by molar-refractivity contribution is 0.365. The van der Waals surface area contributed by atoms with Crippen molar-refractivity contribution in [1.82, 2.24) is 10.2 Å². The van der Waals surface area contributed by atoms with Gasteiger partial charge in [0, 0.05) is 13.1 Å². The lowest BCUT2D eigenvalue weighted by Crippen LogP contribution is -2.53. The summed E-state index contributed by atoms with van der Waals surface area (Å²) < 4.78 is 46.1. The van der Waals surface area contributed by atoms with Crippen LogP contribution in [-0.2, 0) is 19.7 Å². The molecular weight excluding hydrogens is 320 g/mol. The first-order chi connectivity index (χ1) is 9.02. The van der Waals surface area contributed by atoms with E-state index >= 15 is 0 Å². The number of hydrogen-bond donors (Lipinski definition) is 1. The number of nitrogens with zero attached hydrogens (tertiary/aromatic N) is 1. The molecule has 0 bridgehead atoms. The zero-order valence-corrected chi connectivity index (χ0v) is 14.1. The van der Waals surface area contributed by atoms with Crippen LogP contribution in [0.15, 0.2) is 0 Å². The van der Waals surface area contributed by atoms with Crippen molar-refractivity contribution < 1.29 is 16.8 Å². The first kappa shape index (κ1) is 16.0. The second kappa shape index (κ2) is 5.10. The summed E-state index contributed by atoms with van der Waals surface area (Å²) in [7, 11) is -4.20. The molecule has 9 heteroatoms. The van der Waals surface area contributed by atoms with Crippen molar-refractivity contribution in [2.45, 2.75) is 31.3 Å².